The lowest BCUT2D eigenvalue weighted by Gasteiger charge is -2.31. The molecule has 0 aromatic carbocycles. The minimum atomic E-state index is -0.774. The fraction of sp³-hybridized carbons (Fsp3) is 0.375. The van der Waals surface area contributed by atoms with Crippen molar-refractivity contribution in [1.82, 2.24) is 24.9 Å². The van der Waals surface area contributed by atoms with Crippen LogP contribution in [-0.4, -0.2) is 63.6 Å². The predicted octanol–water partition coefficient (Wildman–Crippen LogP) is 1.01. The number of carbonyl (C=O) groups excluding carboxylic acids is 3. The van der Waals surface area contributed by atoms with Crippen molar-refractivity contribution < 1.29 is 14.4 Å². The molecule has 4 amide bonds. The highest BCUT2D eigenvalue weighted by atomic mass is 32.1. The van der Waals surface area contributed by atoms with Crippen LogP contribution < -0.4 is 5.32 Å². The van der Waals surface area contributed by atoms with Gasteiger partial charge in [0.1, 0.15) is 0 Å². The van der Waals surface area contributed by atoms with Gasteiger partial charge < -0.3 is 10.2 Å². The maximum atomic E-state index is 12.1. The lowest BCUT2D eigenvalue weighted by Crippen LogP contribution is -2.58. The fourth-order valence-corrected chi connectivity index (χ4v) is 3.24. The van der Waals surface area contributed by atoms with Crippen LogP contribution in [0.5, 0.6) is 0 Å². The third-order valence-electron chi connectivity index (χ3n) is 4.01. The number of rotatable bonds is 5. The van der Waals surface area contributed by atoms with Crippen molar-refractivity contribution in [2.75, 3.05) is 26.2 Å². The van der Waals surface area contributed by atoms with Gasteiger partial charge in [0.15, 0.2) is 0 Å². The molecule has 2 aromatic heterocycles. The first-order valence-electron chi connectivity index (χ1n) is 8.04. The predicted molar refractivity (Wildman–Crippen MR) is 92.9 cm³/mol. The highest BCUT2D eigenvalue weighted by Gasteiger charge is 2.35. The number of hydrogen-bond donors (Lipinski definition) is 1. The molecule has 0 bridgehead atoms. The number of imide groups is 1. The molecule has 0 saturated carbocycles. The highest BCUT2D eigenvalue weighted by Crippen LogP contribution is 2.19. The largest absolute Gasteiger partial charge is 0.336 e. The second kappa shape index (κ2) is 7.47. The number of aromatic nitrogens is 2. The second-order valence-corrected chi connectivity index (χ2v) is 6.33. The first-order valence-corrected chi connectivity index (χ1v) is 8.99. The molecule has 0 radical (unpaired) electrons. The molecule has 0 spiro atoms. The summed E-state index contributed by atoms with van der Waals surface area (Å²) in [4.78, 5) is 38.3. The number of carbonyl (C=O) groups is 3. The summed E-state index contributed by atoms with van der Waals surface area (Å²) in [5.41, 5.74) is 1.94. The summed E-state index contributed by atoms with van der Waals surface area (Å²) < 4.78 is 1.73. The van der Waals surface area contributed by atoms with Crippen LogP contribution >= 0.6 is 11.3 Å². The molecular weight excluding hydrogens is 342 g/mol. The van der Waals surface area contributed by atoms with Crippen molar-refractivity contribution in [3.05, 3.63) is 29.1 Å². The first kappa shape index (κ1) is 17.2. The molecule has 0 unspecified atom stereocenters. The Kier molecular flexibility index (Phi) is 5.13. The van der Waals surface area contributed by atoms with E-state index < -0.39 is 17.8 Å². The van der Waals surface area contributed by atoms with Crippen molar-refractivity contribution >= 4 is 29.2 Å². The Morgan fingerprint density at radius 3 is 2.84 bits per heavy atom. The van der Waals surface area contributed by atoms with Crippen LogP contribution in [0.3, 0.4) is 0 Å². The zero-order valence-electron chi connectivity index (χ0n) is 13.8. The molecule has 0 atom stereocenters. The molecule has 1 aliphatic heterocycles. The van der Waals surface area contributed by atoms with E-state index in [-0.39, 0.29) is 6.54 Å². The highest BCUT2D eigenvalue weighted by molar-refractivity contribution is 7.08. The Morgan fingerprint density at radius 2 is 2.12 bits per heavy atom. The van der Waals surface area contributed by atoms with E-state index in [0.29, 0.717) is 26.2 Å². The third kappa shape index (κ3) is 3.71. The normalized spacial score (nSPS) is 14.9. The molecule has 25 heavy (non-hydrogen) atoms. The van der Waals surface area contributed by atoms with Gasteiger partial charge in [0.25, 0.3) is 0 Å². The van der Waals surface area contributed by atoms with Gasteiger partial charge in [-0.05, 0) is 24.4 Å². The molecule has 3 rings (SSSR count). The van der Waals surface area contributed by atoms with E-state index in [1.54, 1.807) is 22.9 Å². The average Bonchev–Trinajstić information content (AvgIpc) is 3.28. The minimum Gasteiger partial charge on any atom is -0.336 e. The fourth-order valence-electron chi connectivity index (χ4n) is 2.59. The molecule has 1 fully saturated rings. The monoisotopic (exact) mass is 361 g/mol. The van der Waals surface area contributed by atoms with Crippen LogP contribution in [-0.2, 0) is 16.1 Å². The van der Waals surface area contributed by atoms with E-state index >= 15 is 0 Å². The summed E-state index contributed by atoms with van der Waals surface area (Å²) in [5.74, 6) is -1.40. The van der Waals surface area contributed by atoms with Gasteiger partial charge in [0.2, 0.25) is 0 Å². The van der Waals surface area contributed by atoms with Crippen LogP contribution in [0, 0.1) is 0 Å². The summed E-state index contributed by atoms with van der Waals surface area (Å²) >= 11 is 1.61. The van der Waals surface area contributed by atoms with Gasteiger partial charge in [0.05, 0.1) is 12.2 Å². The molecule has 1 saturated heterocycles. The summed E-state index contributed by atoms with van der Waals surface area (Å²) in [6.45, 7) is 3.65. The first-order chi connectivity index (χ1) is 12.1. The van der Waals surface area contributed by atoms with Crippen LogP contribution in [0.25, 0.3) is 11.3 Å². The van der Waals surface area contributed by atoms with Crippen molar-refractivity contribution in [2.45, 2.75) is 13.5 Å². The number of hydrogen-bond acceptors (Lipinski definition) is 5. The van der Waals surface area contributed by atoms with E-state index in [0.717, 1.165) is 16.2 Å². The van der Waals surface area contributed by atoms with Gasteiger partial charge in [0, 0.05) is 43.3 Å². The summed E-state index contributed by atoms with van der Waals surface area (Å²) in [6.07, 6.45) is 1.84. The smallest absolute Gasteiger partial charge is 0.324 e. The number of nitrogens with zero attached hydrogens (tertiary/aromatic N) is 4. The van der Waals surface area contributed by atoms with Crippen LogP contribution in [0.15, 0.2) is 29.1 Å². The van der Waals surface area contributed by atoms with Crippen molar-refractivity contribution in [1.29, 1.82) is 0 Å². The summed E-state index contributed by atoms with van der Waals surface area (Å²) in [7, 11) is 0. The molecular formula is C16H19N5O3S. The van der Waals surface area contributed by atoms with Crippen molar-refractivity contribution in [3.63, 3.8) is 0 Å². The Hall–Kier alpha value is -2.68. The Balaban J connectivity index is 1.50. The summed E-state index contributed by atoms with van der Waals surface area (Å²) in [5, 5.41) is 11.1. The average molecular weight is 361 g/mol. The number of amides is 4. The van der Waals surface area contributed by atoms with Gasteiger partial charge >= 0.3 is 17.8 Å². The molecule has 3 heterocycles. The van der Waals surface area contributed by atoms with Gasteiger partial charge in [-0.2, -0.15) is 16.4 Å². The van der Waals surface area contributed by atoms with Gasteiger partial charge in [-0.25, -0.2) is 4.79 Å². The number of likely N-dealkylation sites (N-methyl/N-ethyl adjacent to an activating group) is 1. The van der Waals surface area contributed by atoms with Crippen LogP contribution in [0.1, 0.15) is 6.92 Å². The van der Waals surface area contributed by atoms with Crippen molar-refractivity contribution in [3.8, 4) is 11.3 Å². The van der Waals surface area contributed by atoms with E-state index in [1.165, 1.54) is 4.90 Å². The van der Waals surface area contributed by atoms with Crippen molar-refractivity contribution in [2.24, 2.45) is 0 Å². The Bertz CT molecular complexity index is 771. The molecule has 2 aromatic rings. The Labute approximate surface area is 149 Å². The zero-order chi connectivity index (χ0) is 17.8. The molecule has 1 aliphatic rings. The lowest BCUT2D eigenvalue weighted by molar-refractivity contribution is -0.153. The SMILES string of the molecule is CCN1CCN(C(=O)NCCn2ccc(-c3ccsc3)n2)C(=O)C1=O. The summed E-state index contributed by atoms with van der Waals surface area (Å²) in [6, 6.07) is 3.37. The number of piperazine rings is 1. The van der Waals surface area contributed by atoms with E-state index in [9.17, 15) is 14.4 Å². The van der Waals surface area contributed by atoms with Crippen LogP contribution in [0.4, 0.5) is 4.79 Å². The molecule has 8 nitrogen and oxygen atoms in total. The molecule has 0 aliphatic carbocycles. The van der Waals surface area contributed by atoms with Gasteiger partial charge in [-0.3, -0.25) is 19.2 Å². The van der Waals surface area contributed by atoms with E-state index in [2.05, 4.69) is 10.4 Å². The van der Waals surface area contributed by atoms with E-state index in [4.69, 9.17) is 0 Å². The Morgan fingerprint density at radius 1 is 1.28 bits per heavy atom. The third-order valence-corrected chi connectivity index (χ3v) is 4.69. The standard InChI is InChI=1S/C16H19N5O3S/c1-2-19-8-9-21(15(23)14(19)22)16(24)17-5-7-20-6-3-13(18-20)12-4-10-25-11-12/h3-4,6,10-11H,2,5,7-9H2,1H3,(H,17,24). The number of urea groups is 1. The molecule has 132 valence electrons. The molecule has 9 heteroatoms. The second-order valence-electron chi connectivity index (χ2n) is 5.55. The maximum absolute atomic E-state index is 12.1. The zero-order valence-corrected chi connectivity index (χ0v) is 14.7. The quantitative estimate of drug-likeness (QED) is 0.805. The van der Waals surface area contributed by atoms with Crippen LogP contribution in [0.2, 0.25) is 0 Å². The topological polar surface area (TPSA) is 87.5 Å². The number of nitrogens with one attached hydrogen (secondary N) is 1. The number of thiophene rings is 1. The molecule has 1 N–H and O–H groups in total. The minimum absolute atomic E-state index is 0.217. The van der Waals surface area contributed by atoms with Gasteiger partial charge in [-0.15, -0.1) is 0 Å². The van der Waals surface area contributed by atoms with Gasteiger partial charge in [-0.1, -0.05) is 0 Å². The lowest BCUT2D eigenvalue weighted by atomic mass is 10.2. The van der Waals surface area contributed by atoms with E-state index in [1.807, 2.05) is 29.1 Å². The maximum Gasteiger partial charge on any atom is 0.324 e.